The average molecular weight is 391 g/mol. The molecule has 1 aliphatic rings. The van der Waals surface area contributed by atoms with E-state index in [2.05, 4.69) is 50.3 Å². The highest BCUT2D eigenvalue weighted by Gasteiger charge is 2.19. The Morgan fingerprint density at radius 2 is 1.43 bits per heavy atom. The van der Waals surface area contributed by atoms with E-state index >= 15 is 0 Å². The minimum atomic E-state index is 0.697. The molecule has 3 heterocycles. The maximum Gasteiger partial charge on any atom is 0.185 e. The van der Waals surface area contributed by atoms with Gasteiger partial charge in [0.15, 0.2) is 11.5 Å². The molecule has 1 fully saturated rings. The van der Waals surface area contributed by atoms with Gasteiger partial charge in [-0.05, 0) is 48.5 Å². The predicted molar refractivity (Wildman–Crippen MR) is 112 cm³/mol. The third-order valence-electron chi connectivity index (χ3n) is 5.08. The summed E-state index contributed by atoms with van der Waals surface area (Å²) in [7, 11) is 0. The number of rotatable bonds is 3. The molecular formula is C21H19ClN6. The maximum atomic E-state index is 6.01. The summed E-state index contributed by atoms with van der Waals surface area (Å²) in [5.74, 6) is 1.66. The van der Waals surface area contributed by atoms with Gasteiger partial charge in [-0.2, -0.15) is 4.52 Å². The van der Waals surface area contributed by atoms with E-state index in [0.717, 1.165) is 49.0 Å². The van der Waals surface area contributed by atoms with Crippen LogP contribution in [0.1, 0.15) is 0 Å². The average Bonchev–Trinajstić information content (AvgIpc) is 3.18. The smallest absolute Gasteiger partial charge is 0.185 e. The van der Waals surface area contributed by atoms with Gasteiger partial charge in [-0.1, -0.05) is 29.8 Å². The Morgan fingerprint density at radius 1 is 0.714 bits per heavy atom. The van der Waals surface area contributed by atoms with Gasteiger partial charge in [-0.25, -0.2) is 0 Å². The molecule has 0 spiro atoms. The molecule has 0 N–H and O–H groups in total. The van der Waals surface area contributed by atoms with Gasteiger partial charge in [-0.3, -0.25) is 0 Å². The van der Waals surface area contributed by atoms with Crippen molar-refractivity contribution in [2.75, 3.05) is 36.0 Å². The molecular weight excluding hydrogens is 372 g/mol. The van der Waals surface area contributed by atoms with Crippen LogP contribution in [0, 0.1) is 0 Å². The minimum Gasteiger partial charge on any atom is -0.368 e. The highest BCUT2D eigenvalue weighted by Crippen LogP contribution is 2.23. The first kappa shape index (κ1) is 17.0. The topological polar surface area (TPSA) is 49.6 Å². The molecule has 0 radical (unpaired) electrons. The number of nitrogens with zero attached hydrogens (tertiary/aromatic N) is 6. The van der Waals surface area contributed by atoms with Crippen molar-refractivity contribution in [3.8, 4) is 11.4 Å². The Morgan fingerprint density at radius 3 is 2.18 bits per heavy atom. The second kappa shape index (κ2) is 7.13. The van der Waals surface area contributed by atoms with E-state index in [4.69, 9.17) is 16.7 Å². The van der Waals surface area contributed by atoms with E-state index in [1.54, 1.807) is 0 Å². The standard InChI is InChI=1S/C21H19ClN6/c22-17-8-6-16(7-9-17)21-24-23-19-10-11-20(25-28(19)21)27-14-12-26(13-15-27)18-4-2-1-3-5-18/h1-11H,12-15H2. The summed E-state index contributed by atoms with van der Waals surface area (Å²) in [6, 6.07) is 22.1. The summed E-state index contributed by atoms with van der Waals surface area (Å²) in [6.07, 6.45) is 0. The fourth-order valence-electron chi connectivity index (χ4n) is 3.56. The lowest BCUT2D eigenvalue weighted by Crippen LogP contribution is -2.46. The molecule has 6 nitrogen and oxygen atoms in total. The van der Waals surface area contributed by atoms with Gasteiger partial charge in [0.2, 0.25) is 0 Å². The fourth-order valence-corrected chi connectivity index (χ4v) is 3.69. The lowest BCUT2D eigenvalue weighted by atomic mass is 10.2. The van der Waals surface area contributed by atoms with Crippen molar-refractivity contribution in [3.05, 3.63) is 71.8 Å². The zero-order valence-corrected chi connectivity index (χ0v) is 16.0. The third-order valence-corrected chi connectivity index (χ3v) is 5.33. The molecule has 2 aromatic heterocycles. The Hall–Kier alpha value is -3.12. The molecule has 1 aliphatic heterocycles. The Balaban J connectivity index is 1.40. The van der Waals surface area contributed by atoms with E-state index < -0.39 is 0 Å². The first-order valence-electron chi connectivity index (χ1n) is 9.31. The lowest BCUT2D eigenvalue weighted by molar-refractivity contribution is 0.642. The monoisotopic (exact) mass is 390 g/mol. The van der Waals surface area contributed by atoms with Crippen LogP contribution in [-0.4, -0.2) is 46.0 Å². The van der Waals surface area contributed by atoms with Crippen molar-refractivity contribution in [3.63, 3.8) is 0 Å². The number of hydrogen-bond donors (Lipinski definition) is 0. The first-order chi connectivity index (χ1) is 13.8. The lowest BCUT2D eigenvalue weighted by Gasteiger charge is -2.36. The van der Waals surface area contributed by atoms with E-state index in [-0.39, 0.29) is 0 Å². The van der Waals surface area contributed by atoms with E-state index in [9.17, 15) is 0 Å². The van der Waals surface area contributed by atoms with Crippen molar-refractivity contribution in [1.29, 1.82) is 0 Å². The summed E-state index contributed by atoms with van der Waals surface area (Å²) in [6.45, 7) is 3.78. The van der Waals surface area contributed by atoms with Gasteiger partial charge in [0.05, 0.1) is 0 Å². The van der Waals surface area contributed by atoms with Crippen LogP contribution in [0.25, 0.3) is 17.0 Å². The molecule has 0 atom stereocenters. The van der Waals surface area contributed by atoms with Crippen LogP contribution >= 0.6 is 11.6 Å². The van der Waals surface area contributed by atoms with Crippen molar-refractivity contribution >= 4 is 28.8 Å². The van der Waals surface area contributed by atoms with Crippen LogP contribution in [-0.2, 0) is 0 Å². The molecule has 140 valence electrons. The molecule has 0 bridgehead atoms. The van der Waals surface area contributed by atoms with Crippen molar-refractivity contribution in [2.45, 2.75) is 0 Å². The van der Waals surface area contributed by atoms with Crippen LogP contribution in [0.2, 0.25) is 5.02 Å². The fraction of sp³-hybridized carbons (Fsp3) is 0.190. The second-order valence-corrected chi connectivity index (χ2v) is 7.24. The Labute approximate surface area is 168 Å². The molecule has 28 heavy (non-hydrogen) atoms. The zero-order valence-electron chi connectivity index (χ0n) is 15.2. The number of hydrogen-bond acceptors (Lipinski definition) is 5. The quantitative estimate of drug-likeness (QED) is 0.533. The zero-order chi connectivity index (χ0) is 18.9. The van der Waals surface area contributed by atoms with Crippen LogP contribution in [0.4, 0.5) is 11.5 Å². The van der Waals surface area contributed by atoms with Gasteiger partial charge >= 0.3 is 0 Å². The molecule has 1 saturated heterocycles. The Bertz CT molecular complexity index is 1090. The van der Waals surface area contributed by atoms with Crippen LogP contribution < -0.4 is 9.80 Å². The number of benzene rings is 2. The van der Waals surface area contributed by atoms with Crippen molar-refractivity contribution in [1.82, 2.24) is 19.8 Å². The number of fused-ring (bicyclic) bond motifs is 1. The number of aromatic nitrogens is 4. The van der Waals surface area contributed by atoms with Crippen molar-refractivity contribution in [2.24, 2.45) is 0 Å². The SMILES string of the molecule is Clc1ccc(-c2nnc3ccc(N4CCN(c5ccccc5)CC4)nn23)cc1. The summed E-state index contributed by atoms with van der Waals surface area (Å²) < 4.78 is 1.81. The van der Waals surface area contributed by atoms with Gasteiger partial charge in [0, 0.05) is 42.5 Å². The number of halogens is 1. The van der Waals surface area contributed by atoms with Crippen LogP contribution in [0.15, 0.2) is 66.7 Å². The highest BCUT2D eigenvalue weighted by molar-refractivity contribution is 6.30. The minimum absolute atomic E-state index is 0.697. The maximum absolute atomic E-state index is 6.01. The van der Waals surface area contributed by atoms with Gasteiger partial charge in [0.1, 0.15) is 5.82 Å². The first-order valence-corrected chi connectivity index (χ1v) is 9.69. The normalized spacial score (nSPS) is 14.6. The van der Waals surface area contributed by atoms with Gasteiger partial charge in [-0.15, -0.1) is 15.3 Å². The highest BCUT2D eigenvalue weighted by atomic mass is 35.5. The molecule has 2 aromatic carbocycles. The molecule has 0 aliphatic carbocycles. The van der Waals surface area contributed by atoms with E-state index in [1.807, 2.05) is 40.9 Å². The van der Waals surface area contributed by atoms with Crippen molar-refractivity contribution < 1.29 is 0 Å². The Kier molecular flexibility index (Phi) is 4.33. The molecule has 0 saturated carbocycles. The van der Waals surface area contributed by atoms with Gasteiger partial charge < -0.3 is 9.80 Å². The van der Waals surface area contributed by atoms with Gasteiger partial charge in [0.25, 0.3) is 0 Å². The summed E-state index contributed by atoms with van der Waals surface area (Å²) in [4.78, 5) is 4.72. The van der Waals surface area contributed by atoms with E-state index in [0.29, 0.717) is 5.02 Å². The number of para-hydroxylation sites is 1. The number of anilines is 2. The molecule has 4 aromatic rings. The second-order valence-electron chi connectivity index (χ2n) is 6.80. The van der Waals surface area contributed by atoms with E-state index in [1.165, 1.54) is 5.69 Å². The van der Waals surface area contributed by atoms with Crippen LogP contribution in [0.5, 0.6) is 0 Å². The molecule has 5 rings (SSSR count). The summed E-state index contributed by atoms with van der Waals surface area (Å²) >= 11 is 6.01. The van der Waals surface area contributed by atoms with Crippen LogP contribution in [0.3, 0.4) is 0 Å². The largest absolute Gasteiger partial charge is 0.368 e. The third kappa shape index (κ3) is 3.16. The summed E-state index contributed by atoms with van der Waals surface area (Å²) in [5, 5.41) is 14.1. The molecule has 0 unspecified atom stereocenters. The molecule has 0 amide bonds. The summed E-state index contributed by atoms with van der Waals surface area (Å²) in [5.41, 5.74) is 2.95. The number of piperazine rings is 1. The predicted octanol–water partition coefficient (Wildman–Crippen LogP) is 3.77. The molecule has 7 heteroatoms.